The largest absolute Gasteiger partial charge is 0.340 e. The molecule has 3 atom stereocenters. The van der Waals surface area contributed by atoms with E-state index in [1.165, 1.54) is 4.80 Å². The highest BCUT2D eigenvalue weighted by molar-refractivity contribution is 8.01. The van der Waals surface area contributed by atoms with Crippen LogP contribution in [0.25, 0.3) is 0 Å². The Morgan fingerprint density at radius 2 is 2.22 bits per heavy atom. The van der Waals surface area contributed by atoms with Gasteiger partial charge in [0, 0.05) is 11.2 Å². The van der Waals surface area contributed by atoms with Crippen molar-refractivity contribution < 1.29 is 9.59 Å². The number of hydrogen-bond donors (Lipinski definition) is 3. The van der Waals surface area contributed by atoms with Gasteiger partial charge in [0.15, 0.2) is 11.6 Å². The molecule has 2 aliphatic rings. The molecule has 4 N–H and O–H groups in total. The summed E-state index contributed by atoms with van der Waals surface area (Å²) in [4.78, 5) is 27.9. The summed E-state index contributed by atoms with van der Waals surface area (Å²) >= 11 is 1.61. The van der Waals surface area contributed by atoms with Crippen LogP contribution in [0.2, 0.25) is 0 Å². The lowest BCUT2D eigenvalue weighted by molar-refractivity contribution is -0.152. The van der Waals surface area contributed by atoms with Crippen LogP contribution in [-0.2, 0) is 22.6 Å². The van der Waals surface area contributed by atoms with Gasteiger partial charge in [-0.05, 0) is 36.0 Å². The maximum absolute atomic E-state index is 12.7. The minimum Gasteiger partial charge on any atom is -0.340 e. The van der Waals surface area contributed by atoms with Gasteiger partial charge in [-0.1, -0.05) is 0 Å². The summed E-state index contributed by atoms with van der Waals surface area (Å²) in [6, 6.07) is -0.881. The van der Waals surface area contributed by atoms with Gasteiger partial charge >= 0.3 is 0 Å². The van der Waals surface area contributed by atoms with E-state index >= 15 is 0 Å². The van der Waals surface area contributed by atoms with Gasteiger partial charge in [0.25, 0.3) is 0 Å². The molecule has 2 saturated heterocycles. The Morgan fingerprint density at radius 3 is 2.93 bits per heavy atom. The quantitative estimate of drug-likeness (QED) is 0.449. The van der Waals surface area contributed by atoms with Crippen LogP contribution in [0, 0.1) is 0 Å². The maximum Gasteiger partial charge on any atom is 0.249 e. The molecule has 0 saturated carbocycles. The van der Waals surface area contributed by atoms with E-state index in [1.807, 2.05) is 13.8 Å². The standard InChI is InChI=1S/C13H19N11O2S/c1-13(2)9(10-17-20-21-18-10)24-11(26)8(12(24)27-13)15-7(25)5-23-19-6(3-4-14)16-22-23/h8-9,12H,3-5,14H2,1-2H3,(H,15,25)(H,17,18,20,21)/t8?,9?,12-/m1/s1. The van der Waals surface area contributed by atoms with E-state index in [1.54, 1.807) is 16.7 Å². The lowest BCUT2D eigenvalue weighted by atomic mass is 9.95. The number of nitrogens with two attached hydrogens (primary N) is 1. The lowest BCUT2D eigenvalue weighted by Crippen LogP contribution is -2.68. The highest BCUT2D eigenvalue weighted by atomic mass is 32.2. The van der Waals surface area contributed by atoms with Crippen LogP contribution in [0.1, 0.15) is 31.5 Å². The third kappa shape index (κ3) is 3.03. The molecule has 27 heavy (non-hydrogen) atoms. The molecular weight excluding hydrogens is 374 g/mol. The molecule has 4 heterocycles. The predicted molar refractivity (Wildman–Crippen MR) is 91.7 cm³/mol. The summed E-state index contributed by atoms with van der Waals surface area (Å²) in [5.41, 5.74) is 5.44. The third-order valence-corrected chi connectivity index (χ3v) is 6.10. The van der Waals surface area contributed by atoms with E-state index in [0.717, 1.165) is 0 Å². The summed E-state index contributed by atoms with van der Waals surface area (Å²) in [7, 11) is 0. The monoisotopic (exact) mass is 393 g/mol. The molecule has 0 aliphatic carbocycles. The fourth-order valence-corrected chi connectivity index (χ4v) is 5.03. The SMILES string of the molecule is CC1(C)S[C@@H]2C(NC(=O)Cn3nnc(CCN)n3)C(=O)N2C1c1nnn[nH]1. The Kier molecular flexibility index (Phi) is 4.30. The Morgan fingerprint density at radius 1 is 1.41 bits per heavy atom. The summed E-state index contributed by atoms with van der Waals surface area (Å²) in [5.74, 6) is 0.497. The van der Waals surface area contributed by atoms with Gasteiger partial charge in [-0.3, -0.25) is 9.59 Å². The Hall–Kier alpha value is -2.61. The third-order valence-electron chi connectivity index (χ3n) is 4.53. The Labute approximate surface area is 157 Å². The van der Waals surface area contributed by atoms with Crippen molar-refractivity contribution in [2.24, 2.45) is 5.73 Å². The van der Waals surface area contributed by atoms with Gasteiger partial charge in [0.1, 0.15) is 24.0 Å². The molecule has 0 spiro atoms. The van der Waals surface area contributed by atoms with Crippen LogP contribution < -0.4 is 11.1 Å². The minimum atomic E-state index is -0.602. The number of aromatic amines is 1. The molecule has 144 valence electrons. The molecule has 2 amide bonds. The second-order valence-corrected chi connectivity index (χ2v) is 8.64. The van der Waals surface area contributed by atoms with E-state index in [2.05, 4.69) is 41.4 Å². The number of β-lactam (4-membered cyclic amide) rings is 1. The Balaban J connectivity index is 1.41. The number of thioether (sulfide) groups is 1. The number of tetrazole rings is 2. The van der Waals surface area contributed by atoms with E-state index in [0.29, 0.717) is 24.6 Å². The average Bonchev–Trinajstić information content (AvgIpc) is 3.32. The van der Waals surface area contributed by atoms with Crippen molar-refractivity contribution >= 4 is 23.6 Å². The first kappa shape index (κ1) is 17.8. The highest BCUT2D eigenvalue weighted by Gasteiger charge is 2.63. The van der Waals surface area contributed by atoms with Crippen LogP contribution in [0.5, 0.6) is 0 Å². The molecule has 2 aromatic rings. The van der Waals surface area contributed by atoms with E-state index in [-0.39, 0.29) is 34.5 Å². The van der Waals surface area contributed by atoms with Gasteiger partial charge in [-0.15, -0.1) is 27.1 Å². The highest BCUT2D eigenvalue weighted by Crippen LogP contribution is 2.56. The van der Waals surface area contributed by atoms with Gasteiger partial charge in [-0.25, -0.2) is 5.10 Å². The van der Waals surface area contributed by atoms with Crippen molar-refractivity contribution in [2.45, 2.75) is 49.0 Å². The number of rotatable bonds is 6. The fourth-order valence-electron chi connectivity index (χ4n) is 3.39. The summed E-state index contributed by atoms with van der Waals surface area (Å²) < 4.78 is -0.300. The number of hydrogen-bond acceptors (Lipinski definition) is 10. The number of nitrogens with zero attached hydrogens (tertiary/aromatic N) is 8. The summed E-state index contributed by atoms with van der Waals surface area (Å²) in [6.07, 6.45) is 0.489. The van der Waals surface area contributed by atoms with Crippen LogP contribution in [0.3, 0.4) is 0 Å². The number of aromatic nitrogens is 8. The number of H-pyrrole nitrogens is 1. The van der Waals surface area contributed by atoms with Crippen LogP contribution in [-0.4, -0.2) is 80.3 Å². The first-order valence-electron chi connectivity index (χ1n) is 8.40. The topological polar surface area (TPSA) is 173 Å². The zero-order valence-corrected chi connectivity index (χ0v) is 15.5. The van der Waals surface area contributed by atoms with Gasteiger partial charge in [0.2, 0.25) is 11.8 Å². The predicted octanol–water partition coefficient (Wildman–Crippen LogP) is -2.39. The van der Waals surface area contributed by atoms with Crippen LogP contribution >= 0.6 is 11.8 Å². The average molecular weight is 393 g/mol. The van der Waals surface area contributed by atoms with Crippen molar-refractivity contribution in [2.75, 3.05) is 6.54 Å². The lowest BCUT2D eigenvalue weighted by Gasteiger charge is -2.44. The molecule has 0 bridgehead atoms. The molecule has 13 nitrogen and oxygen atoms in total. The van der Waals surface area contributed by atoms with Crippen molar-refractivity contribution in [3.8, 4) is 0 Å². The number of nitrogens with one attached hydrogen (secondary N) is 2. The molecular formula is C13H19N11O2S. The molecule has 2 unspecified atom stereocenters. The minimum absolute atomic E-state index is 0.114. The van der Waals surface area contributed by atoms with E-state index in [4.69, 9.17) is 5.73 Å². The van der Waals surface area contributed by atoms with Gasteiger partial charge in [0.05, 0.1) is 0 Å². The molecule has 14 heteroatoms. The number of carbonyl (C=O) groups excluding carboxylic acids is 2. The number of amides is 2. The van der Waals surface area contributed by atoms with Gasteiger partial charge in [-0.2, -0.15) is 4.80 Å². The zero-order valence-electron chi connectivity index (χ0n) is 14.7. The second kappa shape index (κ2) is 6.53. The maximum atomic E-state index is 12.7. The van der Waals surface area contributed by atoms with Crippen LogP contribution in [0.15, 0.2) is 0 Å². The molecule has 0 aromatic carbocycles. The van der Waals surface area contributed by atoms with Crippen molar-refractivity contribution in [1.82, 2.24) is 51.0 Å². The van der Waals surface area contributed by atoms with Crippen molar-refractivity contribution in [1.29, 1.82) is 0 Å². The molecule has 2 fully saturated rings. The summed E-state index contributed by atoms with van der Waals surface area (Å²) in [6.45, 7) is 4.33. The molecule has 2 aromatic heterocycles. The first-order valence-corrected chi connectivity index (χ1v) is 9.28. The summed E-state index contributed by atoms with van der Waals surface area (Å²) in [5, 5.41) is 28.2. The van der Waals surface area contributed by atoms with Crippen molar-refractivity contribution in [3.05, 3.63) is 11.6 Å². The normalized spacial score (nSPS) is 26.0. The fraction of sp³-hybridized carbons (Fsp3) is 0.692. The second-order valence-electron chi connectivity index (χ2n) is 6.87. The van der Waals surface area contributed by atoms with Gasteiger partial charge < -0.3 is 16.0 Å². The van der Waals surface area contributed by atoms with Crippen LogP contribution in [0.4, 0.5) is 0 Å². The number of carbonyl (C=O) groups is 2. The van der Waals surface area contributed by atoms with E-state index in [9.17, 15) is 9.59 Å². The Bertz CT molecular complexity index is 850. The van der Waals surface area contributed by atoms with Crippen molar-refractivity contribution in [3.63, 3.8) is 0 Å². The molecule has 4 rings (SSSR count). The molecule has 0 radical (unpaired) electrons. The molecule has 2 aliphatic heterocycles. The smallest absolute Gasteiger partial charge is 0.249 e. The van der Waals surface area contributed by atoms with E-state index < -0.39 is 6.04 Å². The number of fused-ring (bicyclic) bond motifs is 1. The zero-order chi connectivity index (χ0) is 19.2. The first-order chi connectivity index (χ1) is 12.9.